The van der Waals surface area contributed by atoms with Crippen LogP contribution in [0.15, 0.2) is 84.3 Å². The fraction of sp³-hybridized carbons (Fsp3) is 0.0833. The van der Waals surface area contributed by atoms with Crippen molar-refractivity contribution in [2.24, 2.45) is 0 Å². The minimum atomic E-state index is -0.544. The van der Waals surface area contributed by atoms with Crippen molar-refractivity contribution >= 4 is 45.2 Å². The molecule has 4 N–H and O–H groups in total. The fourth-order valence-electron chi connectivity index (χ4n) is 3.37. The predicted molar refractivity (Wildman–Crippen MR) is 136 cm³/mol. The van der Waals surface area contributed by atoms with Gasteiger partial charge in [0.1, 0.15) is 4.88 Å². The van der Waals surface area contributed by atoms with Crippen molar-refractivity contribution in [1.29, 1.82) is 0 Å². The normalized spacial score (nSPS) is 11.1. The van der Waals surface area contributed by atoms with Crippen molar-refractivity contribution in [1.82, 2.24) is 10.3 Å². The van der Waals surface area contributed by atoms with Crippen LogP contribution in [0, 0.1) is 10.1 Å². The summed E-state index contributed by atoms with van der Waals surface area (Å²) >= 11 is 1.36. The number of aromatic nitrogens is 1. The average Bonchev–Trinajstić information content (AvgIpc) is 3.32. The van der Waals surface area contributed by atoms with Crippen LogP contribution in [-0.4, -0.2) is 22.9 Å². The van der Waals surface area contributed by atoms with Crippen LogP contribution in [-0.2, 0) is 6.54 Å². The van der Waals surface area contributed by atoms with Gasteiger partial charge in [0.05, 0.1) is 16.1 Å². The molecule has 4 rings (SSSR count). The minimum absolute atomic E-state index is 0.220. The smallest absolute Gasteiger partial charge is 0.274 e. The molecular formula is C24H22N6O3S. The number of carbonyl (C=O) groups is 1. The SMILES string of the molecule is CNC(=C[N+](=O)[O-])Nc1ccc(NC(=O)c2sccc2NCc2ccnc3ccccc23)cc1. The number of hydrogen-bond acceptors (Lipinski definition) is 8. The number of nitrogens with zero attached hydrogens (tertiary/aromatic N) is 2. The standard InChI is InChI=1S/C24H22N6O3S/c1-25-22(15-30(32)33)28-17-6-8-18(9-7-17)29-24(31)23-21(11-13-34-23)27-14-16-10-12-26-20-5-3-2-4-19(16)20/h2-13,15,25,27-28H,14H2,1H3,(H,29,31). The summed E-state index contributed by atoms with van der Waals surface area (Å²) in [6, 6.07) is 18.7. The van der Waals surface area contributed by atoms with Crippen molar-refractivity contribution in [3.8, 4) is 0 Å². The van der Waals surface area contributed by atoms with Crippen LogP contribution in [0.2, 0.25) is 0 Å². The second-order valence-electron chi connectivity index (χ2n) is 7.24. The van der Waals surface area contributed by atoms with E-state index in [0.717, 1.165) is 28.4 Å². The molecule has 9 nitrogen and oxygen atoms in total. The van der Waals surface area contributed by atoms with E-state index >= 15 is 0 Å². The van der Waals surface area contributed by atoms with Gasteiger partial charge in [-0.05, 0) is 53.4 Å². The van der Waals surface area contributed by atoms with Crippen LogP contribution in [0.4, 0.5) is 17.1 Å². The molecule has 0 spiro atoms. The monoisotopic (exact) mass is 474 g/mol. The number of nitro groups is 1. The van der Waals surface area contributed by atoms with E-state index in [4.69, 9.17) is 0 Å². The van der Waals surface area contributed by atoms with Gasteiger partial charge in [-0.15, -0.1) is 11.3 Å². The van der Waals surface area contributed by atoms with Gasteiger partial charge in [-0.2, -0.15) is 0 Å². The van der Waals surface area contributed by atoms with Crippen molar-refractivity contribution in [3.05, 3.63) is 105 Å². The summed E-state index contributed by atoms with van der Waals surface area (Å²) < 4.78 is 0. The maximum absolute atomic E-state index is 12.9. The molecule has 0 aliphatic heterocycles. The highest BCUT2D eigenvalue weighted by Gasteiger charge is 2.14. The van der Waals surface area contributed by atoms with Crippen molar-refractivity contribution in [3.63, 3.8) is 0 Å². The number of benzene rings is 2. The lowest BCUT2D eigenvalue weighted by Crippen LogP contribution is -2.16. The molecule has 4 aromatic rings. The summed E-state index contributed by atoms with van der Waals surface area (Å²) in [5.74, 6) is 0.0278. The first-order chi connectivity index (χ1) is 16.5. The number of pyridine rings is 1. The minimum Gasteiger partial charge on any atom is -0.380 e. The highest BCUT2D eigenvalue weighted by atomic mass is 32.1. The van der Waals surface area contributed by atoms with Crippen molar-refractivity contribution in [2.75, 3.05) is 23.0 Å². The number of thiophene rings is 1. The maximum atomic E-state index is 12.9. The number of hydrogen-bond donors (Lipinski definition) is 4. The molecule has 34 heavy (non-hydrogen) atoms. The highest BCUT2D eigenvalue weighted by molar-refractivity contribution is 7.12. The number of rotatable bonds is 9. The topological polar surface area (TPSA) is 121 Å². The van der Waals surface area contributed by atoms with Gasteiger partial charge < -0.3 is 21.3 Å². The van der Waals surface area contributed by atoms with E-state index in [1.807, 2.05) is 41.8 Å². The molecule has 0 bridgehead atoms. The van der Waals surface area contributed by atoms with Gasteiger partial charge in [0.25, 0.3) is 12.1 Å². The molecule has 2 aromatic carbocycles. The average molecular weight is 475 g/mol. The second kappa shape index (κ2) is 10.5. The molecule has 0 aliphatic rings. The van der Waals surface area contributed by atoms with Crippen LogP contribution in [0.3, 0.4) is 0 Å². The highest BCUT2D eigenvalue weighted by Crippen LogP contribution is 2.26. The predicted octanol–water partition coefficient (Wildman–Crippen LogP) is 4.87. The summed E-state index contributed by atoms with van der Waals surface area (Å²) in [6.07, 6.45) is 2.63. The molecule has 0 saturated carbocycles. The Morgan fingerprint density at radius 2 is 1.79 bits per heavy atom. The Morgan fingerprint density at radius 1 is 1.06 bits per heavy atom. The Labute approximate surface area is 199 Å². The van der Waals surface area contributed by atoms with Gasteiger partial charge in [0.2, 0.25) is 0 Å². The number of nitrogens with one attached hydrogen (secondary N) is 4. The van der Waals surface area contributed by atoms with Crippen molar-refractivity contribution < 1.29 is 9.72 Å². The zero-order chi connectivity index (χ0) is 23.9. The number of para-hydroxylation sites is 1. The van der Waals surface area contributed by atoms with Gasteiger partial charge in [-0.3, -0.25) is 19.9 Å². The Morgan fingerprint density at radius 3 is 2.53 bits per heavy atom. The Hall–Kier alpha value is -4.44. The van der Waals surface area contributed by atoms with Crippen LogP contribution >= 0.6 is 11.3 Å². The van der Waals surface area contributed by atoms with Crippen LogP contribution in [0.25, 0.3) is 10.9 Å². The number of carbonyl (C=O) groups excluding carboxylic acids is 1. The second-order valence-corrected chi connectivity index (χ2v) is 8.15. The first-order valence-electron chi connectivity index (χ1n) is 10.4. The summed E-state index contributed by atoms with van der Waals surface area (Å²) in [5.41, 5.74) is 4.03. The third-order valence-corrected chi connectivity index (χ3v) is 5.92. The zero-order valence-corrected chi connectivity index (χ0v) is 19.1. The molecule has 1 amide bonds. The molecule has 0 fully saturated rings. The Bertz CT molecular complexity index is 1350. The number of fused-ring (bicyclic) bond motifs is 1. The van der Waals surface area contributed by atoms with Gasteiger partial charge in [-0.25, -0.2) is 0 Å². The summed E-state index contributed by atoms with van der Waals surface area (Å²) in [5, 5.41) is 25.5. The van der Waals surface area contributed by atoms with E-state index in [1.54, 1.807) is 37.5 Å². The summed E-state index contributed by atoms with van der Waals surface area (Å²) in [4.78, 5) is 28.0. The lowest BCUT2D eigenvalue weighted by atomic mass is 10.1. The van der Waals surface area contributed by atoms with E-state index in [9.17, 15) is 14.9 Å². The lowest BCUT2D eigenvalue weighted by molar-refractivity contribution is -0.403. The van der Waals surface area contributed by atoms with E-state index in [1.165, 1.54) is 11.3 Å². The van der Waals surface area contributed by atoms with Gasteiger partial charge in [-0.1, -0.05) is 18.2 Å². The third-order valence-electron chi connectivity index (χ3n) is 5.01. The quantitative estimate of drug-likeness (QED) is 0.202. The lowest BCUT2D eigenvalue weighted by Gasteiger charge is -2.11. The van der Waals surface area contributed by atoms with E-state index in [-0.39, 0.29) is 11.7 Å². The molecule has 2 heterocycles. The molecule has 0 saturated heterocycles. The van der Waals surface area contributed by atoms with Crippen LogP contribution in [0.1, 0.15) is 15.2 Å². The molecule has 0 unspecified atom stereocenters. The number of amides is 1. The van der Waals surface area contributed by atoms with Crippen LogP contribution < -0.4 is 21.3 Å². The fourth-order valence-corrected chi connectivity index (χ4v) is 4.13. The Kier molecular flexibility index (Phi) is 6.99. The van der Waals surface area contributed by atoms with Gasteiger partial charge in [0, 0.05) is 36.6 Å². The van der Waals surface area contributed by atoms with E-state index in [2.05, 4.69) is 26.3 Å². The summed E-state index contributed by atoms with van der Waals surface area (Å²) in [7, 11) is 1.58. The molecular weight excluding hydrogens is 452 g/mol. The summed E-state index contributed by atoms with van der Waals surface area (Å²) in [6.45, 7) is 0.561. The van der Waals surface area contributed by atoms with Gasteiger partial charge in [0.15, 0.2) is 5.82 Å². The zero-order valence-electron chi connectivity index (χ0n) is 18.2. The molecule has 2 aromatic heterocycles. The van der Waals surface area contributed by atoms with Crippen LogP contribution in [0.5, 0.6) is 0 Å². The maximum Gasteiger partial charge on any atom is 0.274 e. The number of anilines is 3. The Balaban J connectivity index is 1.41. The molecule has 0 aliphatic carbocycles. The molecule has 0 atom stereocenters. The van der Waals surface area contributed by atoms with E-state index < -0.39 is 4.92 Å². The van der Waals surface area contributed by atoms with E-state index in [0.29, 0.717) is 22.8 Å². The van der Waals surface area contributed by atoms with Crippen molar-refractivity contribution in [2.45, 2.75) is 6.54 Å². The molecule has 0 radical (unpaired) electrons. The third kappa shape index (κ3) is 5.48. The largest absolute Gasteiger partial charge is 0.380 e. The molecule has 172 valence electrons. The molecule has 10 heteroatoms. The first-order valence-corrected chi connectivity index (χ1v) is 11.3. The van der Waals surface area contributed by atoms with Gasteiger partial charge >= 0.3 is 0 Å². The first kappa shape index (κ1) is 22.7.